The van der Waals surface area contributed by atoms with E-state index in [1.807, 2.05) is 12.3 Å². The van der Waals surface area contributed by atoms with E-state index in [1.165, 1.54) is 23.9 Å². The topological polar surface area (TPSA) is 40.5 Å². The number of benzene rings is 2. The molecule has 20 heavy (non-hydrogen) atoms. The minimum absolute atomic E-state index is 0.256. The highest BCUT2D eigenvalue weighted by molar-refractivity contribution is 7.98. The molecule has 0 fully saturated rings. The minimum atomic E-state index is -0.973. The monoisotopic (exact) mass is 291 g/mol. The van der Waals surface area contributed by atoms with Crippen LogP contribution in [0.25, 0.3) is 0 Å². The molecular formula is C15H14FNO2S. The summed E-state index contributed by atoms with van der Waals surface area (Å²) in [4.78, 5) is 13.9. The van der Waals surface area contributed by atoms with Crippen molar-refractivity contribution in [3.05, 3.63) is 53.8 Å². The second-order valence-electron chi connectivity index (χ2n) is 4.19. The molecule has 2 aromatic carbocycles. The van der Waals surface area contributed by atoms with Crippen molar-refractivity contribution < 1.29 is 14.3 Å². The Balaban J connectivity index is 2.51. The van der Waals surface area contributed by atoms with Crippen molar-refractivity contribution in [3.8, 4) is 0 Å². The van der Waals surface area contributed by atoms with Gasteiger partial charge in [0.25, 0.3) is 0 Å². The Bertz CT molecular complexity index is 628. The maximum absolute atomic E-state index is 13.0. The maximum Gasteiger partial charge on any atom is 0.338 e. The lowest BCUT2D eigenvalue weighted by atomic mass is 10.1. The highest BCUT2D eigenvalue weighted by atomic mass is 32.2. The molecule has 0 atom stereocenters. The Hall–Kier alpha value is -2.01. The summed E-state index contributed by atoms with van der Waals surface area (Å²) in [7, 11) is 1.76. The predicted octanol–water partition coefficient (Wildman–Crippen LogP) is 4.01. The number of aromatic carboxylic acids is 1. The first-order valence-corrected chi connectivity index (χ1v) is 7.16. The number of carboxylic acid groups (broad SMARTS) is 1. The zero-order valence-electron chi connectivity index (χ0n) is 11.1. The van der Waals surface area contributed by atoms with E-state index in [1.54, 1.807) is 36.2 Å². The molecular weight excluding hydrogens is 277 g/mol. The molecule has 2 aromatic rings. The first kappa shape index (κ1) is 14.4. The number of thioether (sulfide) groups is 1. The molecule has 0 aliphatic heterocycles. The number of carboxylic acids is 1. The van der Waals surface area contributed by atoms with Gasteiger partial charge in [-0.05, 0) is 42.7 Å². The molecule has 0 radical (unpaired) electrons. The number of hydrogen-bond acceptors (Lipinski definition) is 3. The van der Waals surface area contributed by atoms with Crippen LogP contribution in [0.15, 0.2) is 47.4 Å². The summed E-state index contributed by atoms with van der Waals surface area (Å²) >= 11 is 1.39. The van der Waals surface area contributed by atoms with Gasteiger partial charge in [0.05, 0.1) is 11.3 Å². The van der Waals surface area contributed by atoms with Crippen LogP contribution in [0.1, 0.15) is 10.4 Å². The summed E-state index contributed by atoms with van der Waals surface area (Å²) in [6.45, 7) is 0. The van der Waals surface area contributed by atoms with Gasteiger partial charge in [0.1, 0.15) is 5.82 Å². The van der Waals surface area contributed by atoms with Crippen molar-refractivity contribution in [2.24, 2.45) is 0 Å². The summed E-state index contributed by atoms with van der Waals surface area (Å²) in [6.07, 6.45) is 1.84. The van der Waals surface area contributed by atoms with E-state index in [2.05, 4.69) is 0 Å². The molecule has 0 aliphatic carbocycles. The number of carbonyl (C=O) groups is 1. The van der Waals surface area contributed by atoms with Crippen molar-refractivity contribution in [3.63, 3.8) is 0 Å². The van der Waals surface area contributed by atoms with Gasteiger partial charge in [-0.3, -0.25) is 0 Å². The standard InChI is InChI=1S/C15H14FNO2S/c1-17(11-8-6-10(16)7-9-11)12-4-3-5-13(20-2)14(12)15(18)19/h3-9H,1-2H3,(H,18,19). The van der Waals surface area contributed by atoms with Crippen LogP contribution in [0.2, 0.25) is 0 Å². The van der Waals surface area contributed by atoms with Gasteiger partial charge in [0, 0.05) is 17.6 Å². The van der Waals surface area contributed by atoms with E-state index >= 15 is 0 Å². The van der Waals surface area contributed by atoms with Crippen LogP contribution < -0.4 is 4.90 Å². The quantitative estimate of drug-likeness (QED) is 0.864. The minimum Gasteiger partial charge on any atom is -0.478 e. The Morgan fingerprint density at radius 2 is 1.85 bits per heavy atom. The lowest BCUT2D eigenvalue weighted by molar-refractivity contribution is 0.0694. The van der Waals surface area contributed by atoms with Gasteiger partial charge in [0.15, 0.2) is 0 Å². The van der Waals surface area contributed by atoms with Crippen LogP contribution in [-0.4, -0.2) is 24.4 Å². The molecule has 5 heteroatoms. The highest BCUT2D eigenvalue weighted by Gasteiger charge is 2.18. The predicted molar refractivity (Wildman–Crippen MR) is 79.6 cm³/mol. The van der Waals surface area contributed by atoms with Crippen LogP contribution in [0, 0.1) is 5.82 Å². The Labute approximate surface area is 121 Å². The van der Waals surface area contributed by atoms with Crippen molar-refractivity contribution in [1.82, 2.24) is 0 Å². The average Bonchev–Trinajstić information content (AvgIpc) is 2.46. The number of anilines is 2. The van der Waals surface area contributed by atoms with Crippen LogP contribution >= 0.6 is 11.8 Å². The summed E-state index contributed by atoms with van der Waals surface area (Å²) in [5.74, 6) is -1.29. The third-order valence-corrected chi connectivity index (χ3v) is 3.79. The molecule has 2 rings (SSSR count). The van der Waals surface area contributed by atoms with Gasteiger partial charge in [0.2, 0.25) is 0 Å². The van der Waals surface area contributed by atoms with Crippen LogP contribution in [0.5, 0.6) is 0 Å². The fourth-order valence-electron chi connectivity index (χ4n) is 1.99. The molecule has 0 saturated carbocycles. The summed E-state index contributed by atoms with van der Waals surface area (Å²) < 4.78 is 13.0. The second kappa shape index (κ2) is 5.96. The average molecular weight is 291 g/mol. The van der Waals surface area contributed by atoms with E-state index in [0.29, 0.717) is 10.6 Å². The van der Waals surface area contributed by atoms with Crippen molar-refractivity contribution >= 4 is 29.1 Å². The largest absolute Gasteiger partial charge is 0.478 e. The number of nitrogens with zero attached hydrogens (tertiary/aromatic N) is 1. The summed E-state index contributed by atoms with van der Waals surface area (Å²) in [6, 6.07) is 11.3. The number of rotatable bonds is 4. The third kappa shape index (κ3) is 2.77. The maximum atomic E-state index is 13.0. The van der Waals surface area contributed by atoms with Gasteiger partial charge < -0.3 is 10.0 Å². The van der Waals surface area contributed by atoms with Crippen molar-refractivity contribution in [1.29, 1.82) is 0 Å². The Kier molecular flexibility index (Phi) is 4.29. The van der Waals surface area contributed by atoms with Crippen molar-refractivity contribution in [2.75, 3.05) is 18.2 Å². The Morgan fingerprint density at radius 1 is 1.20 bits per heavy atom. The summed E-state index contributed by atoms with van der Waals surface area (Å²) in [5, 5.41) is 9.42. The van der Waals surface area contributed by atoms with E-state index in [9.17, 15) is 14.3 Å². The van der Waals surface area contributed by atoms with Crippen LogP contribution in [-0.2, 0) is 0 Å². The molecule has 0 aliphatic rings. The van der Waals surface area contributed by atoms with Gasteiger partial charge in [-0.1, -0.05) is 6.07 Å². The van der Waals surface area contributed by atoms with Gasteiger partial charge in [-0.2, -0.15) is 0 Å². The molecule has 0 saturated heterocycles. The lowest BCUT2D eigenvalue weighted by Crippen LogP contribution is -2.14. The molecule has 0 bridgehead atoms. The highest BCUT2D eigenvalue weighted by Crippen LogP contribution is 2.32. The second-order valence-corrected chi connectivity index (χ2v) is 5.04. The van der Waals surface area contributed by atoms with E-state index in [0.717, 1.165) is 5.69 Å². The first-order chi connectivity index (χ1) is 9.54. The van der Waals surface area contributed by atoms with Crippen LogP contribution in [0.4, 0.5) is 15.8 Å². The molecule has 0 aromatic heterocycles. The molecule has 0 unspecified atom stereocenters. The number of hydrogen-bond donors (Lipinski definition) is 1. The SMILES string of the molecule is CSc1cccc(N(C)c2ccc(F)cc2)c1C(=O)O. The molecule has 3 nitrogen and oxygen atoms in total. The fraction of sp³-hybridized carbons (Fsp3) is 0.133. The number of halogens is 1. The molecule has 0 heterocycles. The normalized spacial score (nSPS) is 10.3. The smallest absolute Gasteiger partial charge is 0.338 e. The van der Waals surface area contributed by atoms with Gasteiger partial charge >= 0.3 is 5.97 Å². The third-order valence-electron chi connectivity index (χ3n) is 3.01. The van der Waals surface area contributed by atoms with E-state index in [4.69, 9.17) is 0 Å². The lowest BCUT2D eigenvalue weighted by Gasteiger charge is -2.22. The van der Waals surface area contributed by atoms with Crippen LogP contribution in [0.3, 0.4) is 0 Å². The zero-order valence-corrected chi connectivity index (χ0v) is 11.9. The fourth-order valence-corrected chi connectivity index (χ4v) is 2.60. The first-order valence-electron chi connectivity index (χ1n) is 5.94. The molecule has 0 spiro atoms. The zero-order chi connectivity index (χ0) is 14.7. The van der Waals surface area contributed by atoms with Gasteiger partial charge in [-0.25, -0.2) is 9.18 Å². The van der Waals surface area contributed by atoms with E-state index in [-0.39, 0.29) is 11.4 Å². The van der Waals surface area contributed by atoms with Crippen molar-refractivity contribution in [2.45, 2.75) is 4.90 Å². The summed E-state index contributed by atoms with van der Waals surface area (Å²) in [5.41, 5.74) is 1.56. The Morgan fingerprint density at radius 3 is 2.40 bits per heavy atom. The van der Waals surface area contributed by atoms with Gasteiger partial charge in [-0.15, -0.1) is 11.8 Å². The molecule has 0 amide bonds. The molecule has 1 N–H and O–H groups in total. The molecule has 104 valence electrons. The van der Waals surface area contributed by atoms with E-state index < -0.39 is 5.97 Å².